The van der Waals surface area contributed by atoms with E-state index in [1.807, 2.05) is 4.90 Å². The Labute approximate surface area is 174 Å². The summed E-state index contributed by atoms with van der Waals surface area (Å²) in [5.41, 5.74) is 0.346. The maximum atomic E-state index is 13.2. The van der Waals surface area contributed by atoms with E-state index < -0.39 is 16.1 Å². The smallest absolute Gasteiger partial charge is 0.243 e. The average molecular weight is 428 g/mol. The van der Waals surface area contributed by atoms with Gasteiger partial charge in [0.1, 0.15) is 6.04 Å². The molecule has 3 fully saturated rings. The van der Waals surface area contributed by atoms with Gasteiger partial charge in [-0.1, -0.05) is 24.6 Å². The van der Waals surface area contributed by atoms with Crippen LogP contribution < -0.4 is 5.32 Å². The van der Waals surface area contributed by atoms with Gasteiger partial charge in [0.2, 0.25) is 15.9 Å². The van der Waals surface area contributed by atoms with E-state index in [-0.39, 0.29) is 23.2 Å². The number of halogens is 1. The summed E-state index contributed by atoms with van der Waals surface area (Å²) in [6.07, 6.45) is 5.55. The zero-order valence-electron chi connectivity index (χ0n) is 16.2. The van der Waals surface area contributed by atoms with Gasteiger partial charge in [-0.05, 0) is 56.2 Å². The Balaban J connectivity index is 0.00000225. The first-order valence-electron chi connectivity index (χ1n) is 10.1. The second-order valence-electron chi connectivity index (χ2n) is 8.19. The Bertz CT molecular complexity index is 771. The summed E-state index contributed by atoms with van der Waals surface area (Å²) >= 11 is 0. The van der Waals surface area contributed by atoms with Crippen molar-refractivity contribution in [1.29, 1.82) is 0 Å². The van der Waals surface area contributed by atoms with Crippen molar-refractivity contribution in [3.63, 3.8) is 0 Å². The van der Waals surface area contributed by atoms with E-state index in [4.69, 9.17) is 0 Å². The third-order valence-electron chi connectivity index (χ3n) is 6.56. The number of hydrogen-bond donors (Lipinski definition) is 1. The molecule has 1 amide bonds. The number of likely N-dealkylation sites (tertiary alicyclic amines) is 1. The molecule has 28 heavy (non-hydrogen) atoms. The fraction of sp³-hybridized carbons (Fsp3) is 0.650. The third-order valence-corrected chi connectivity index (χ3v) is 8.48. The van der Waals surface area contributed by atoms with Crippen LogP contribution in [0.3, 0.4) is 0 Å². The third kappa shape index (κ3) is 4.08. The molecule has 0 radical (unpaired) electrons. The number of sulfonamides is 1. The summed E-state index contributed by atoms with van der Waals surface area (Å²) in [6, 6.07) is 7.94. The van der Waals surface area contributed by atoms with Crippen LogP contribution in [0.25, 0.3) is 0 Å². The molecule has 1 N–H and O–H groups in total. The molecule has 1 atom stereocenters. The average Bonchev–Trinajstić information content (AvgIpc) is 3.16. The number of nitrogens with one attached hydrogen (secondary N) is 1. The number of carbonyl (C=O) groups excluding carboxylic acids is 1. The van der Waals surface area contributed by atoms with Crippen molar-refractivity contribution in [2.24, 2.45) is 5.41 Å². The van der Waals surface area contributed by atoms with Crippen LogP contribution in [0.4, 0.5) is 0 Å². The zero-order chi connectivity index (χ0) is 18.9. The van der Waals surface area contributed by atoms with Gasteiger partial charge >= 0.3 is 0 Å². The van der Waals surface area contributed by atoms with Crippen LogP contribution in [0.15, 0.2) is 35.2 Å². The minimum atomic E-state index is -3.64. The standard InChI is InChI=1S/C20H29N3O3S.ClH/c24-19(22-14-10-20(11-15-22)9-12-21-16-20)18-8-4-5-13-23(18)27(25,26)17-6-2-1-3-7-17;/h1-3,6-7,18,21H,4-5,8-16H2;1H. The highest BCUT2D eigenvalue weighted by Gasteiger charge is 2.43. The molecule has 1 aromatic carbocycles. The number of nitrogens with zero attached hydrogens (tertiary/aromatic N) is 2. The molecule has 4 rings (SSSR count). The van der Waals surface area contributed by atoms with Crippen molar-refractivity contribution >= 4 is 28.3 Å². The summed E-state index contributed by atoms with van der Waals surface area (Å²) in [5.74, 6) is -0.00462. The second-order valence-corrected chi connectivity index (χ2v) is 10.1. The molecular formula is C20H30ClN3O3S. The van der Waals surface area contributed by atoms with Gasteiger partial charge in [0, 0.05) is 26.2 Å². The first kappa shape index (κ1) is 21.6. The Hall–Kier alpha value is -1.15. The number of rotatable bonds is 3. The van der Waals surface area contributed by atoms with E-state index in [2.05, 4.69) is 5.32 Å². The van der Waals surface area contributed by atoms with Crippen LogP contribution in [0.5, 0.6) is 0 Å². The molecule has 0 bridgehead atoms. The predicted molar refractivity (Wildman–Crippen MR) is 111 cm³/mol. The van der Waals surface area contributed by atoms with Gasteiger partial charge in [0.25, 0.3) is 0 Å². The van der Waals surface area contributed by atoms with Crippen molar-refractivity contribution < 1.29 is 13.2 Å². The van der Waals surface area contributed by atoms with Gasteiger partial charge in [0.05, 0.1) is 4.90 Å². The number of benzene rings is 1. The van der Waals surface area contributed by atoms with Crippen molar-refractivity contribution in [2.75, 3.05) is 32.7 Å². The van der Waals surface area contributed by atoms with E-state index in [9.17, 15) is 13.2 Å². The lowest BCUT2D eigenvalue weighted by molar-refractivity contribution is -0.138. The highest BCUT2D eigenvalue weighted by atomic mass is 35.5. The van der Waals surface area contributed by atoms with Gasteiger partial charge in [-0.2, -0.15) is 4.31 Å². The predicted octanol–water partition coefficient (Wildman–Crippen LogP) is 2.25. The quantitative estimate of drug-likeness (QED) is 0.803. The summed E-state index contributed by atoms with van der Waals surface area (Å²) in [6.45, 7) is 4.04. The molecule has 1 aromatic rings. The van der Waals surface area contributed by atoms with E-state index in [0.717, 1.165) is 51.9 Å². The normalized spacial score (nSPS) is 25.4. The van der Waals surface area contributed by atoms with E-state index >= 15 is 0 Å². The summed E-state index contributed by atoms with van der Waals surface area (Å²) in [4.78, 5) is 15.4. The lowest BCUT2D eigenvalue weighted by Gasteiger charge is -2.42. The van der Waals surface area contributed by atoms with Crippen LogP contribution in [0, 0.1) is 5.41 Å². The van der Waals surface area contributed by atoms with Crippen molar-refractivity contribution in [2.45, 2.75) is 49.5 Å². The second kappa shape index (κ2) is 8.69. The molecule has 156 valence electrons. The summed E-state index contributed by atoms with van der Waals surface area (Å²) in [5, 5.41) is 3.44. The Morgan fingerprint density at radius 3 is 2.39 bits per heavy atom. The molecule has 1 unspecified atom stereocenters. The number of carbonyl (C=O) groups is 1. The van der Waals surface area contributed by atoms with Gasteiger partial charge in [-0.15, -0.1) is 12.4 Å². The molecular weight excluding hydrogens is 398 g/mol. The molecule has 0 aromatic heterocycles. The lowest BCUT2D eigenvalue weighted by Crippen LogP contribution is -2.55. The van der Waals surface area contributed by atoms with Crippen LogP contribution in [-0.4, -0.2) is 62.3 Å². The lowest BCUT2D eigenvalue weighted by atomic mass is 9.77. The van der Waals surface area contributed by atoms with Gasteiger partial charge < -0.3 is 10.2 Å². The first-order valence-corrected chi connectivity index (χ1v) is 11.5. The van der Waals surface area contributed by atoms with E-state index in [1.54, 1.807) is 30.3 Å². The van der Waals surface area contributed by atoms with Gasteiger partial charge in [0.15, 0.2) is 0 Å². The number of amides is 1. The Kier molecular flexibility index (Phi) is 6.69. The Morgan fingerprint density at radius 2 is 1.75 bits per heavy atom. The first-order chi connectivity index (χ1) is 13.0. The summed E-state index contributed by atoms with van der Waals surface area (Å²) in [7, 11) is -3.64. The molecule has 6 nitrogen and oxygen atoms in total. The maximum absolute atomic E-state index is 13.2. The Morgan fingerprint density at radius 1 is 1.04 bits per heavy atom. The zero-order valence-corrected chi connectivity index (χ0v) is 17.8. The van der Waals surface area contributed by atoms with Crippen molar-refractivity contribution in [3.8, 4) is 0 Å². The molecule has 3 heterocycles. The SMILES string of the molecule is Cl.O=C(C1CCCCN1S(=O)(=O)c1ccccc1)N1CCC2(CCNC2)CC1. The molecule has 3 aliphatic heterocycles. The molecule has 0 saturated carbocycles. The fourth-order valence-corrected chi connectivity index (χ4v) is 6.47. The highest BCUT2D eigenvalue weighted by molar-refractivity contribution is 7.89. The molecule has 0 aliphatic carbocycles. The maximum Gasteiger partial charge on any atom is 0.243 e. The minimum Gasteiger partial charge on any atom is -0.341 e. The molecule has 8 heteroatoms. The number of hydrogen-bond acceptors (Lipinski definition) is 4. The summed E-state index contributed by atoms with van der Waals surface area (Å²) < 4.78 is 27.7. The highest BCUT2D eigenvalue weighted by Crippen LogP contribution is 2.37. The van der Waals surface area contributed by atoms with Crippen molar-refractivity contribution in [1.82, 2.24) is 14.5 Å². The van der Waals surface area contributed by atoms with E-state index in [1.165, 1.54) is 10.7 Å². The van der Waals surface area contributed by atoms with Gasteiger partial charge in [-0.25, -0.2) is 8.42 Å². The fourth-order valence-electron chi connectivity index (χ4n) is 4.80. The molecule has 1 spiro atoms. The van der Waals surface area contributed by atoms with Crippen molar-refractivity contribution in [3.05, 3.63) is 30.3 Å². The van der Waals surface area contributed by atoms with Crippen LogP contribution in [-0.2, 0) is 14.8 Å². The van der Waals surface area contributed by atoms with Crippen LogP contribution in [0.1, 0.15) is 38.5 Å². The largest absolute Gasteiger partial charge is 0.341 e. The van der Waals surface area contributed by atoms with Crippen LogP contribution in [0.2, 0.25) is 0 Å². The van der Waals surface area contributed by atoms with Crippen LogP contribution >= 0.6 is 12.4 Å². The monoisotopic (exact) mass is 427 g/mol. The molecule has 3 aliphatic rings. The topological polar surface area (TPSA) is 69.7 Å². The minimum absolute atomic E-state index is 0. The molecule has 3 saturated heterocycles. The number of piperidine rings is 2. The van der Waals surface area contributed by atoms with E-state index in [0.29, 0.717) is 18.4 Å². The van der Waals surface area contributed by atoms with Gasteiger partial charge in [-0.3, -0.25) is 4.79 Å².